The second-order valence-electron chi connectivity index (χ2n) is 23.6. The van der Waals surface area contributed by atoms with E-state index in [9.17, 15) is 19.2 Å². The van der Waals surface area contributed by atoms with Crippen LogP contribution in [0.3, 0.4) is 0 Å². The van der Waals surface area contributed by atoms with Crippen molar-refractivity contribution in [2.24, 2.45) is 11.8 Å². The van der Waals surface area contributed by atoms with Crippen molar-refractivity contribution in [1.82, 2.24) is 44.3 Å². The maximum Gasteiger partial charge on any atom is 0.238 e. The summed E-state index contributed by atoms with van der Waals surface area (Å²) in [6, 6.07) is 16.2. The second-order valence-corrected chi connectivity index (χ2v) is 23.6. The maximum atomic E-state index is 15.3. The third kappa shape index (κ3) is 8.46. The summed E-state index contributed by atoms with van der Waals surface area (Å²) in [7, 11) is 0. The lowest BCUT2D eigenvalue weighted by atomic mass is 9.73. The van der Waals surface area contributed by atoms with Crippen LogP contribution in [0.25, 0.3) is 33.2 Å². The van der Waals surface area contributed by atoms with E-state index in [-0.39, 0.29) is 65.4 Å². The van der Waals surface area contributed by atoms with Crippen LogP contribution in [0, 0.1) is 11.8 Å². The number of carbonyl (C=O) groups excluding carboxylic acids is 5. The minimum Gasteiger partial charge on any atom is -0.366 e. The molecule has 8 aliphatic rings. The number of pyridine rings is 1. The fourth-order valence-corrected chi connectivity index (χ4v) is 14.1. The molecule has 1 spiro atoms. The number of imidazole rings is 1. The van der Waals surface area contributed by atoms with E-state index in [4.69, 9.17) is 15.1 Å². The van der Waals surface area contributed by atoms with Crippen molar-refractivity contribution in [3.63, 3.8) is 0 Å². The van der Waals surface area contributed by atoms with Crippen LogP contribution in [-0.4, -0.2) is 126 Å². The Morgan fingerprint density at radius 2 is 1.47 bits per heavy atom. The summed E-state index contributed by atoms with van der Waals surface area (Å²) in [6.07, 6.45) is 18.8. The SMILES string of the molecule is CC(C)n1cnc2cc(-c3ccc4c(c3)N(C3CC(N5CCCCC5)C3)C(=O)C43CCN(C(=O)C4CCN(C(=O)C5CCC(n6cc7cc(C8CCC(=O)NC8=O)ccc7n6)CC5)CC4)CC3)nc(NC3CC3)c21. The number of hydrogen-bond acceptors (Lipinski definition) is 10. The van der Waals surface area contributed by atoms with E-state index in [1.165, 1.54) is 19.3 Å². The Kier molecular flexibility index (Phi) is 12.1. The van der Waals surface area contributed by atoms with Crippen LogP contribution < -0.4 is 15.5 Å². The fraction of sp³-hybridized carbons (Fsp3) is 0.586. The number of imide groups is 1. The zero-order valence-corrected chi connectivity index (χ0v) is 43.1. The van der Waals surface area contributed by atoms with Gasteiger partial charge in [0.25, 0.3) is 0 Å². The monoisotopic (exact) mass is 1000 g/mol. The van der Waals surface area contributed by atoms with Gasteiger partial charge in [0.05, 0.1) is 40.4 Å². The van der Waals surface area contributed by atoms with Gasteiger partial charge < -0.3 is 29.5 Å². The van der Waals surface area contributed by atoms with Crippen molar-refractivity contribution in [2.45, 2.75) is 165 Å². The molecule has 1 atom stereocenters. The Balaban J connectivity index is 0.655. The first-order valence-corrected chi connectivity index (χ1v) is 28.2. The normalized spacial score (nSPS) is 26.8. The van der Waals surface area contributed by atoms with Crippen LogP contribution in [0.15, 0.2) is 55.0 Å². The van der Waals surface area contributed by atoms with Crippen LogP contribution >= 0.6 is 0 Å². The summed E-state index contributed by atoms with van der Waals surface area (Å²) in [6.45, 7) is 8.93. The fourth-order valence-electron chi connectivity index (χ4n) is 14.1. The largest absolute Gasteiger partial charge is 0.366 e. The molecule has 3 aromatic heterocycles. The van der Waals surface area contributed by atoms with Crippen LogP contribution in [-0.2, 0) is 29.4 Å². The molecule has 5 aliphatic heterocycles. The third-order valence-electron chi connectivity index (χ3n) is 18.8. The van der Waals surface area contributed by atoms with Crippen LogP contribution in [0.1, 0.15) is 152 Å². The van der Waals surface area contributed by atoms with Gasteiger partial charge in [0.2, 0.25) is 29.5 Å². The van der Waals surface area contributed by atoms with Gasteiger partial charge >= 0.3 is 0 Å². The molecule has 388 valence electrons. The number of nitrogens with zero attached hydrogens (tertiary/aromatic N) is 9. The lowest BCUT2D eigenvalue weighted by Gasteiger charge is -2.48. The molecule has 2 aromatic carbocycles. The second kappa shape index (κ2) is 18.9. The zero-order valence-electron chi connectivity index (χ0n) is 43.1. The van der Waals surface area contributed by atoms with E-state index >= 15 is 4.79 Å². The van der Waals surface area contributed by atoms with Crippen molar-refractivity contribution >= 4 is 63.0 Å². The number of amides is 5. The Morgan fingerprint density at radius 3 is 2.19 bits per heavy atom. The summed E-state index contributed by atoms with van der Waals surface area (Å²) in [5.41, 5.74) is 7.02. The van der Waals surface area contributed by atoms with Crippen LogP contribution in [0.4, 0.5) is 11.5 Å². The van der Waals surface area contributed by atoms with E-state index in [1.54, 1.807) is 0 Å². The van der Waals surface area contributed by atoms with E-state index in [2.05, 4.69) is 69.3 Å². The van der Waals surface area contributed by atoms with Crippen molar-refractivity contribution < 1.29 is 24.0 Å². The van der Waals surface area contributed by atoms with Crippen molar-refractivity contribution in [3.05, 3.63) is 66.1 Å². The molecule has 7 fully saturated rings. The highest BCUT2D eigenvalue weighted by Gasteiger charge is 2.56. The first kappa shape index (κ1) is 47.5. The standard InChI is InChI=1S/C58H71N11O5/c1-35(2)67-34-59-49-32-48(61-53(52(49)67)60-41-10-11-41)39-8-15-46-50(29-39)69(44-30-43(31-44)64-22-4-3-5-23-64)57(74)58(46)20-26-66(27-21-58)56(73)37-18-24-65(25-19-37)55(72)36-6-12-42(13-7-36)68-33-40-28-38(9-16-47(40)63-68)45-14-17-51(70)62-54(45)71/h8-9,15-16,28-29,32-37,41-45H,3-7,10-14,17-27,30-31H2,1-2H3,(H,60,61)(H,62,70,71). The first-order valence-electron chi connectivity index (χ1n) is 28.2. The predicted octanol–water partition coefficient (Wildman–Crippen LogP) is 8.02. The Morgan fingerprint density at radius 1 is 0.743 bits per heavy atom. The summed E-state index contributed by atoms with van der Waals surface area (Å²) >= 11 is 0. The van der Waals surface area contributed by atoms with Gasteiger partial charge in [0.1, 0.15) is 5.52 Å². The van der Waals surface area contributed by atoms with Crippen LogP contribution in [0.5, 0.6) is 0 Å². The molecule has 1 unspecified atom stereocenters. The highest BCUT2D eigenvalue weighted by atomic mass is 16.2. The van der Waals surface area contributed by atoms with Gasteiger partial charge in [-0.2, -0.15) is 5.10 Å². The maximum absolute atomic E-state index is 15.3. The summed E-state index contributed by atoms with van der Waals surface area (Å²) in [5, 5.41) is 12.0. The van der Waals surface area contributed by atoms with Crippen molar-refractivity contribution in [3.8, 4) is 11.3 Å². The highest BCUT2D eigenvalue weighted by Crippen LogP contribution is 2.52. The van der Waals surface area contributed by atoms with Gasteiger partial charge in [0, 0.05) is 91.4 Å². The number of carbonyl (C=O) groups is 5. The van der Waals surface area contributed by atoms with E-state index in [0.717, 1.165) is 120 Å². The van der Waals surface area contributed by atoms with Gasteiger partial charge in [-0.3, -0.25) is 34.0 Å². The lowest BCUT2D eigenvalue weighted by Crippen LogP contribution is -2.58. The van der Waals surface area contributed by atoms with Crippen molar-refractivity contribution in [1.29, 1.82) is 0 Å². The lowest BCUT2D eigenvalue weighted by molar-refractivity contribution is -0.144. The minimum atomic E-state index is -0.673. The molecule has 3 aliphatic carbocycles. The van der Waals surface area contributed by atoms with Gasteiger partial charge in [-0.15, -0.1) is 0 Å². The van der Waals surface area contributed by atoms with E-state index in [1.807, 2.05) is 39.0 Å². The number of likely N-dealkylation sites (tertiary alicyclic amines) is 3. The number of piperidine rings is 4. The van der Waals surface area contributed by atoms with Gasteiger partial charge in [0.15, 0.2) is 5.82 Å². The Bertz CT molecular complexity index is 3030. The van der Waals surface area contributed by atoms with Gasteiger partial charge in [-0.05, 0) is 159 Å². The summed E-state index contributed by atoms with van der Waals surface area (Å²) < 4.78 is 4.24. The Hall–Kier alpha value is -6.16. The first-order chi connectivity index (χ1) is 36.0. The average molecular weight is 1000 g/mol. The molecule has 16 heteroatoms. The summed E-state index contributed by atoms with van der Waals surface area (Å²) in [4.78, 5) is 86.8. The molecular weight excluding hydrogens is 931 g/mol. The topological polar surface area (TPSA) is 171 Å². The number of hydrogen-bond donors (Lipinski definition) is 2. The molecule has 5 amide bonds. The molecule has 0 radical (unpaired) electrons. The van der Waals surface area contributed by atoms with E-state index < -0.39 is 5.41 Å². The highest BCUT2D eigenvalue weighted by molar-refractivity contribution is 6.09. The number of anilines is 2. The molecule has 8 heterocycles. The third-order valence-corrected chi connectivity index (χ3v) is 18.8. The molecule has 13 rings (SSSR count). The molecular formula is C58H71N11O5. The van der Waals surface area contributed by atoms with Crippen molar-refractivity contribution in [2.75, 3.05) is 49.5 Å². The number of benzene rings is 2. The summed E-state index contributed by atoms with van der Waals surface area (Å²) in [5.74, 6) is 0.507. The molecule has 5 aromatic rings. The van der Waals surface area contributed by atoms with Crippen LogP contribution in [0.2, 0.25) is 0 Å². The quantitative estimate of drug-likeness (QED) is 0.131. The molecule has 2 N–H and O–H groups in total. The Labute approximate surface area is 433 Å². The number of fused-ring (bicyclic) bond motifs is 4. The smallest absolute Gasteiger partial charge is 0.238 e. The number of nitrogens with one attached hydrogen (secondary N) is 2. The minimum absolute atomic E-state index is 0.0322. The van der Waals surface area contributed by atoms with Gasteiger partial charge in [-0.1, -0.05) is 24.6 Å². The molecule has 4 saturated heterocycles. The zero-order chi connectivity index (χ0) is 50.4. The number of rotatable bonds is 10. The predicted molar refractivity (Wildman–Crippen MR) is 282 cm³/mol. The molecule has 74 heavy (non-hydrogen) atoms. The van der Waals surface area contributed by atoms with E-state index in [0.29, 0.717) is 76.8 Å². The number of aromatic nitrogens is 5. The average Bonchev–Trinajstić information content (AvgIpc) is 3.86. The molecule has 16 nitrogen and oxygen atoms in total. The molecule has 0 bridgehead atoms. The van der Waals surface area contributed by atoms with Gasteiger partial charge in [-0.25, -0.2) is 9.97 Å². The molecule has 3 saturated carbocycles.